The van der Waals surface area contributed by atoms with E-state index in [1.807, 2.05) is 24.5 Å². The third-order valence-electron chi connectivity index (χ3n) is 1.39. The van der Waals surface area contributed by atoms with Crippen molar-refractivity contribution in [3.8, 4) is 10.6 Å². The standard InChI is InChI=1S/C8H5IN2S/c9-7-5-11-8(12-7)6-2-1-3-10-4-6/h1-5H. The number of pyridine rings is 1. The second-order valence-corrected chi connectivity index (χ2v) is 5.14. The van der Waals surface area contributed by atoms with Crippen LogP contribution in [0, 0.1) is 2.88 Å². The zero-order valence-corrected chi connectivity index (χ0v) is 9.04. The maximum absolute atomic E-state index is 4.26. The molecule has 2 aromatic heterocycles. The maximum atomic E-state index is 4.26. The lowest BCUT2D eigenvalue weighted by Gasteiger charge is -1.91. The molecule has 0 saturated carbocycles. The van der Waals surface area contributed by atoms with E-state index in [2.05, 4.69) is 32.6 Å². The van der Waals surface area contributed by atoms with Crippen LogP contribution in [0.2, 0.25) is 0 Å². The lowest BCUT2D eigenvalue weighted by atomic mass is 10.3. The van der Waals surface area contributed by atoms with Gasteiger partial charge in [0.2, 0.25) is 0 Å². The molecule has 60 valence electrons. The van der Waals surface area contributed by atoms with Crippen LogP contribution in [-0.4, -0.2) is 9.97 Å². The molecule has 2 rings (SSSR count). The first-order chi connectivity index (χ1) is 5.86. The Morgan fingerprint density at radius 1 is 1.33 bits per heavy atom. The Hall–Kier alpha value is -0.490. The number of hydrogen-bond acceptors (Lipinski definition) is 3. The smallest absolute Gasteiger partial charge is 0.125 e. The number of hydrogen-bond donors (Lipinski definition) is 0. The van der Waals surface area contributed by atoms with Gasteiger partial charge in [-0.1, -0.05) is 0 Å². The molecule has 2 aromatic rings. The van der Waals surface area contributed by atoms with Crippen LogP contribution in [0.3, 0.4) is 0 Å². The van der Waals surface area contributed by atoms with Gasteiger partial charge < -0.3 is 0 Å². The summed E-state index contributed by atoms with van der Waals surface area (Å²) in [6.07, 6.45) is 5.46. The van der Waals surface area contributed by atoms with Crippen molar-refractivity contribution in [2.24, 2.45) is 0 Å². The van der Waals surface area contributed by atoms with Crippen molar-refractivity contribution in [2.45, 2.75) is 0 Å². The van der Waals surface area contributed by atoms with Crippen LogP contribution in [0.4, 0.5) is 0 Å². The third-order valence-corrected chi connectivity index (χ3v) is 3.16. The maximum Gasteiger partial charge on any atom is 0.125 e. The minimum Gasteiger partial charge on any atom is -0.264 e. The summed E-state index contributed by atoms with van der Waals surface area (Å²) in [4.78, 5) is 8.29. The van der Waals surface area contributed by atoms with Gasteiger partial charge in [0.1, 0.15) is 5.01 Å². The highest BCUT2D eigenvalue weighted by Gasteiger charge is 2.01. The van der Waals surface area contributed by atoms with E-state index in [0.717, 1.165) is 10.6 Å². The summed E-state index contributed by atoms with van der Waals surface area (Å²) < 4.78 is 1.20. The molecule has 0 radical (unpaired) electrons. The summed E-state index contributed by atoms with van der Waals surface area (Å²) in [6, 6.07) is 3.94. The SMILES string of the molecule is Ic1cnc(-c2cccnc2)s1. The highest BCUT2D eigenvalue weighted by atomic mass is 127. The molecular weight excluding hydrogens is 283 g/mol. The summed E-state index contributed by atoms with van der Waals surface area (Å²) in [5, 5.41) is 1.03. The number of halogens is 1. The average molecular weight is 288 g/mol. The minimum atomic E-state index is 1.03. The molecule has 0 spiro atoms. The second kappa shape index (κ2) is 3.49. The topological polar surface area (TPSA) is 25.8 Å². The molecule has 0 aromatic carbocycles. The summed E-state index contributed by atoms with van der Waals surface area (Å²) in [6.45, 7) is 0. The van der Waals surface area contributed by atoms with Gasteiger partial charge in [0.15, 0.2) is 0 Å². The lowest BCUT2D eigenvalue weighted by molar-refractivity contribution is 1.31. The minimum absolute atomic E-state index is 1.03. The predicted molar refractivity (Wildman–Crippen MR) is 58.1 cm³/mol. The first kappa shape index (κ1) is 8.12. The van der Waals surface area contributed by atoms with E-state index in [-0.39, 0.29) is 0 Å². The Kier molecular flexibility index (Phi) is 2.36. The van der Waals surface area contributed by atoms with Crippen molar-refractivity contribution in [3.05, 3.63) is 33.6 Å². The Morgan fingerprint density at radius 3 is 2.83 bits per heavy atom. The lowest BCUT2D eigenvalue weighted by Crippen LogP contribution is -1.75. The Labute approximate surface area is 87.8 Å². The van der Waals surface area contributed by atoms with Gasteiger partial charge in [0, 0.05) is 18.0 Å². The highest BCUT2D eigenvalue weighted by Crippen LogP contribution is 2.24. The van der Waals surface area contributed by atoms with Gasteiger partial charge in [-0.2, -0.15) is 0 Å². The first-order valence-corrected chi connectivity index (χ1v) is 5.27. The van der Waals surface area contributed by atoms with Crippen molar-refractivity contribution in [2.75, 3.05) is 0 Å². The van der Waals surface area contributed by atoms with Gasteiger partial charge in [-0.05, 0) is 34.7 Å². The molecule has 2 heterocycles. The zero-order chi connectivity index (χ0) is 8.39. The fraction of sp³-hybridized carbons (Fsp3) is 0. The molecule has 0 aliphatic heterocycles. The third kappa shape index (κ3) is 1.64. The Morgan fingerprint density at radius 2 is 2.25 bits per heavy atom. The number of aromatic nitrogens is 2. The average Bonchev–Trinajstić information content (AvgIpc) is 2.54. The molecule has 2 nitrogen and oxygen atoms in total. The summed E-state index contributed by atoms with van der Waals surface area (Å²) >= 11 is 3.94. The van der Waals surface area contributed by atoms with Crippen LogP contribution in [0.25, 0.3) is 10.6 Å². The molecule has 0 aliphatic carbocycles. The van der Waals surface area contributed by atoms with Crippen molar-refractivity contribution >= 4 is 33.9 Å². The molecule has 4 heteroatoms. The fourth-order valence-corrected chi connectivity index (χ4v) is 2.28. The van der Waals surface area contributed by atoms with E-state index in [1.54, 1.807) is 17.5 Å². The van der Waals surface area contributed by atoms with Gasteiger partial charge in [-0.3, -0.25) is 4.98 Å². The van der Waals surface area contributed by atoms with Gasteiger partial charge >= 0.3 is 0 Å². The van der Waals surface area contributed by atoms with Crippen molar-refractivity contribution < 1.29 is 0 Å². The summed E-state index contributed by atoms with van der Waals surface area (Å²) in [5.74, 6) is 0. The Balaban J connectivity index is 2.45. The molecule has 0 fully saturated rings. The largest absolute Gasteiger partial charge is 0.264 e. The molecule has 0 amide bonds. The van der Waals surface area contributed by atoms with Gasteiger partial charge in [-0.25, -0.2) is 4.98 Å². The predicted octanol–water partition coefficient (Wildman–Crippen LogP) is 2.81. The fourth-order valence-electron chi connectivity index (χ4n) is 0.877. The van der Waals surface area contributed by atoms with Gasteiger partial charge in [0.25, 0.3) is 0 Å². The molecule has 0 unspecified atom stereocenters. The van der Waals surface area contributed by atoms with Crippen LogP contribution < -0.4 is 0 Å². The summed E-state index contributed by atoms with van der Waals surface area (Å²) in [5.41, 5.74) is 1.09. The van der Waals surface area contributed by atoms with E-state index < -0.39 is 0 Å². The number of thiazole rings is 1. The van der Waals surface area contributed by atoms with Crippen LogP contribution in [-0.2, 0) is 0 Å². The monoisotopic (exact) mass is 288 g/mol. The van der Waals surface area contributed by atoms with Gasteiger partial charge in [0.05, 0.1) is 9.08 Å². The number of rotatable bonds is 1. The summed E-state index contributed by atoms with van der Waals surface area (Å²) in [7, 11) is 0. The molecule has 0 atom stereocenters. The van der Waals surface area contributed by atoms with Crippen molar-refractivity contribution in [1.82, 2.24) is 9.97 Å². The van der Waals surface area contributed by atoms with E-state index >= 15 is 0 Å². The van der Waals surface area contributed by atoms with Crippen LogP contribution in [0.15, 0.2) is 30.7 Å². The van der Waals surface area contributed by atoms with Crippen LogP contribution in [0.5, 0.6) is 0 Å². The molecule has 12 heavy (non-hydrogen) atoms. The second-order valence-electron chi connectivity index (χ2n) is 2.21. The highest BCUT2D eigenvalue weighted by molar-refractivity contribution is 14.1. The van der Waals surface area contributed by atoms with Crippen molar-refractivity contribution in [1.29, 1.82) is 0 Å². The first-order valence-electron chi connectivity index (χ1n) is 3.38. The molecule has 0 saturated heterocycles. The van der Waals surface area contributed by atoms with Crippen LogP contribution in [0.1, 0.15) is 0 Å². The van der Waals surface area contributed by atoms with E-state index in [9.17, 15) is 0 Å². The van der Waals surface area contributed by atoms with Crippen molar-refractivity contribution in [3.63, 3.8) is 0 Å². The Bertz CT molecular complexity index is 372. The van der Waals surface area contributed by atoms with E-state index in [4.69, 9.17) is 0 Å². The molecule has 0 aliphatic rings. The molecule has 0 bridgehead atoms. The van der Waals surface area contributed by atoms with E-state index in [0.29, 0.717) is 0 Å². The quantitative estimate of drug-likeness (QED) is 0.754. The zero-order valence-electron chi connectivity index (χ0n) is 6.07. The molecule has 0 N–H and O–H groups in total. The normalized spacial score (nSPS) is 10.1. The number of nitrogens with zero attached hydrogens (tertiary/aromatic N) is 2. The van der Waals surface area contributed by atoms with E-state index in [1.165, 1.54) is 2.88 Å². The molecular formula is C8H5IN2S. The van der Waals surface area contributed by atoms with Crippen LogP contribution >= 0.6 is 33.9 Å². The van der Waals surface area contributed by atoms with Gasteiger partial charge in [-0.15, -0.1) is 11.3 Å².